The third kappa shape index (κ3) is 6.33. The van der Waals surface area contributed by atoms with Gasteiger partial charge in [-0.25, -0.2) is 0 Å². The van der Waals surface area contributed by atoms with Gasteiger partial charge in [0.25, 0.3) is 0 Å². The van der Waals surface area contributed by atoms with Crippen molar-refractivity contribution in [3.05, 3.63) is 0 Å². The molecule has 0 aromatic rings. The van der Waals surface area contributed by atoms with Gasteiger partial charge >= 0.3 is 0 Å². The highest BCUT2D eigenvalue weighted by atomic mass is 16.5. The Hall–Kier alpha value is -0.650. The summed E-state index contributed by atoms with van der Waals surface area (Å²) in [6.07, 6.45) is 3.97. The number of amides is 1. The zero-order valence-corrected chi connectivity index (χ0v) is 11.7. The van der Waals surface area contributed by atoms with Crippen LogP contribution in [0.3, 0.4) is 0 Å². The van der Waals surface area contributed by atoms with Gasteiger partial charge < -0.3 is 15.4 Å². The maximum Gasteiger partial charge on any atom is 0.234 e. The third-order valence-corrected chi connectivity index (χ3v) is 3.37. The lowest BCUT2D eigenvalue weighted by Crippen LogP contribution is -2.45. The quantitative estimate of drug-likeness (QED) is 0.611. The van der Waals surface area contributed by atoms with Gasteiger partial charge in [-0.1, -0.05) is 6.42 Å². The Kier molecular flexibility index (Phi) is 7.96. The Bertz CT molecular complexity index is 230. The molecule has 0 radical (unpaired) electrons. The Balaban J connectivity index is 2.03. The second-order valence-electron chi connectivity index (χ2n) is 4.92. The number of nitrogens with zero attached hydrogens (tertiary/aromatic N) is 1. The molecule has 5 nitrogen and oxygen atoms in total. The van der Waals surface area contributed by atoms with E-state index in [0.29, 0.717) is 25.7 Å². The molecule has 0 spiro atoms. The summed E-state index contributed by atoms with van der Waals surface area (Å²) in [5.74, 6) is 0.0397. The van der Waals surface area contributed by atoms with E-state index in [1.165, 1.54) is 32.4 Å². The zero-order chi connectivity index (χ0) is 13.2. The summed E-state index contributed by atoms with van der Waals surface area (Å²) in [5, 5.41) is 6.01. The van der Waals surface area contributed by atoms with Gasteiger partial charge in [0.05, 0.1) is 13.2 Å². The van der Waals surface area contributed by atoms with E-state index in [9.17, 15) is 4.79 Å². The summed E-state index contributed by atoms with van der Waals surface area (Å²) in [6.45, 7) is 7.03. The molecule has 0 bridgehead atoms. The van der Waals surface area contributed by atoms with Gasteiger partial charge in [0.1, 0.15) is 0 Å². The van der Waals surface area contributed by atoms with Crippen LogP contribution >= 0.6 is 0 Å². The van der Waals surface area contributed by atoms with E-state index < -0.39 is 0 Å². The molecule has 1 heterocycles. The number of hydrogen-bond donors (Lipinski definition) is 2. The van der Waals surface area contributed by atoms with E-state index in [1.807, 2.05) is 0 Å². The first-order valence-corrected chi connectivity index (χ1v) is 6.94. The molecule has 0 aliphatic carbocycles. The number of methoxy groups -OCH3 is 1. The molecule has 0 aromatic heterocycles. The average molecular weight is 257 g/mol. The van der Waals surface area contributed by atoms with Crippen molar-refractivity contribution < 1.29 is 9.53 Å². The number of nitrogens with one attached hydrogen (secondary N) is 2. The molecule has 1 rings (SSSR count). The maximum atomic E-state index is 11.4. The first kappa shape index (κ1) is 15.4. The lowest BCUT2D eigenvalue weighted by molar-refractivity contribution is -0.120. The van der Waals surface area contributed by atoms with Crippen molar-refractivity contribution in [1.29, 1.82) is 0 Å². The predicted octanol–water partition coefficient (Wildman–Crippen LogP) is 0.213. The van der Waals surface area contributed by atoms with Crippen molar-refractivity contribution in [2.24, 2.45) is 0 Å². The number of carbonyl (C=O) groups is 1. The standard InChI is InChI=1S/C13H27N3O2/c1-12(16-7-4-3-5-8-16)10-14-11-13(17)15-6-9-18-2/h12,14H,3-11H2,1-2H3,(H,15,17). The highest BCUT2D eigenvalue weighted by Gasteiger charge is 2.16. The van der Waals surface area contributed by atoms with Gasteiger partial charge in [-0.3, -0.25) is 9.69 Å². The Morgan fingerprint density at radius 1 is 1.33 bits per heavy atom. The summed E-state index contributed by atoms with van der Waals surface area (Å²) in [7, 11) is 1.63. The second-order valence-corrected chi connectivity index (χ2v) is 4.92. The van der Waals surface area contributed by atoms with Crippen LogP contribution in [0.1, 0.15) is 26.2 Å². The SMILES string of the molecule is COCCNC(=O)CNCC(C)N1CCCCC1. The van der Waals surface area contributed by atoms with Crippen molar-refractivity contribution in [2.75, 3.05) is 46.4 Å². The predicted molar refractivity (Wildman–Crippen MR) is 72.6 cm³/mol. The molecule has 1 amide bonds. The van der Waals surface area contributed by atoms with E-state index in [0.717, 1.165) is 6.54 Å². The van der Waals surface area contributed by atoms with E-state index in [1.54, 1.807) is 7.11 Å². The van der Waals surface area contributed by atoms with Gasteiger partial charge in [0.15, 0.2) is 0 Å². The summed E-state index contributed by atoms with van der Waals surface area (Å²) in [4.78, 5) is 13.9. The number of rotatable bonds is 8. The number of piperidine rings is 1. The second kappa shape index (κ2) is 9.30. The number of hydrogen-bond acceptors (Lipinski definition) is 4. The van der Waals surface area contributed by atoms with Crippen LogP contribution in [0.25, 0.3) is 0 Å². The summed E-state index contributed by atoms with van der Waals surface area (Å²) >= 11 is 0. The lowest BCUT2D eigenvalue weighted by atomic mass is 10.1. The maximum absolute atomic E-state index is 11.4. The van der Waals surface area contributed by atoms with Crippen LogP contribution in [-0.4, -0.2) is 63.3 Å². The average Bonchev–Trinajstić information content (AvgIpc) is 2.40. The van der Waals surface area contributed by atoms with Crippen molar-refractivity contribution in [3.8, 4) is 0 Å². The minimum Gasteiger partial charge on any atom is -0.383 e. The van der Waals surface area contributed by atoms with E-state index in [-0.39, 0.29) is 5.91 Å². The van der Waals surface area contributed by atoms with Gasteiger partial charge in [0, 0.05) is 26.2 Å². The fraction of sp³-hybridized carbons (Fsp3) is 0.923. The van der Waals surface area contributed by atoms with Crippen LogP contribution in [0.5, 0.6) is 0 Å². The molecule has 18 heavy (non-hydrogen) atoms. The highest BCUT2D eigenvalue weighted by molar-refractivity contribution is 5.77. The number of ether oxygens (including phenoxy) is 1. The van der Waals surface area contributed by atoms with Crippen molar-refractivity contribution in [1.82, 2.24) is 15.5 Å². The van der Waals surface area contributed by atoms with Crippen LogP contribution in [0, 0.1) is 0 Å². The minimum atomic E-state index is 0.0397. The van der Waals surface area contributed by atoms with Crippen LogP contribution in [0.15, 0.2) is 0 Å². The molecule has 1 saturated heterocycles. The Labute approximate surface area is 110 Å². The monoisotopic (exact) mass is 257 g/mol. The molecular weight excluding hydrogens is 230 g/mol. The first-order chi connectivity index (χ1) is 8.74. The summed E-state index contributed by atoms with van der Waals surface area (Å²) in [6, 6.07) is 0.511. The molecule has 1 aliphatic heterocycles. The molecule has 0 saturated carbocycles. The molecular formula is C13H27N3O2. The number of likely N-dealkylation sites (tertiary alicyclic amines) is 1. The zero-order valence-electron chi connectivity index (χ0n) is 11.7. The molecule has 1 atom stereocenters. The molecule has 106 valence electrons. The van der Waals surface area contributed by atoms with Crippen LogP contribution < -0.4 is 10.6 Å². The summed E-state index contributed by atoms with van der Waals surface area (Å²) < 4.78 is 4.87. The molecule has 1 unspecified atom stereocenters. The third-order valence-electron chi connectivity index (χ3n) is 3.37. The largest absolute Gasteiger partial charge is 0.383 e. The molecule has 5 heteroatoms. The van der Waals surface area contributed by atoms with Crippen molar-refractivity contribution in [2.45, 2.75) is 32.2 Å². The van der Waals surface area contributed by atoms with Crippen LogP contribution in [0.4, 0.5) is 0 Å². The lowest BCUT2D eigenvalue weighted by Gasteiger charge is -2.32. The van der Waals surface area contributed by atoms with Gasteiger partial charge in [-0.05, 0) is 32.9 Å². The molecule has 2 N–H and O–H groups in total. The van der Waals surface area contributed by atoms with E-state index in [4.69, 9.17) is 4.74 Å². The van der Waals surface area contributed by atoms with E-state index >= 15 is 0 Å². The smallest absolute Gasteiger partial charge is 0.234 e. The van der Waals surface area contributed by atoms with Gasteiger partial charge in [-0.15, -0.1) is 0 Å². The normalized spacial score (nSPS) is 18.6. The molecule has 0 aromatic carbocycles. The van der Waals surface area contributed by atoms with Gasteiger partial charge in [0.2, 0.25) is 5.91 Å². The Morgan fingerprint density at radius 2 is 2.06 bits per heavy atom. The van der Waals surface area contributed by atoms with Crippen molar-refractivity contribution in [3.63, 3.8) is 0 Å². The first-order valence-electron chi connectivity index (χ1n) is 6.94. The van der Waals surface area contributed by atoms with Gasteiger partial charge in [-0.2, -0.15) is 0 Å². The highest BCUT2D eigenvalue weighted by Crippen LogP contribution is 2.11. The Morgan fingerprint density at radius 3 is 2.72 bits per heavy atom. The molecule has 1 fully saturated rings. The fourth-order valence-corrected chi connectivity index (χ4v) is 2.24. The summed E-state index contributed by atoms with van der Waals surface area (Å²) in [5.41, 5.74) is 0. The molecule has 1 aliphatic rings. The van der Waals surface area contributed by atoms with Crippen molar-refractivity contribution >= 4 is 5.91 Å². The minimum absolute atomic E-state index is 0.0397. The van der Waals surface area contributed by atoms with Crippen LogP contribution in [0.2, 0.25) is 0 Å². The number of carbonyl (C=O) groups excluding carboxylic acids is 1. The topological polar surface area (TPSA) is 53.6 Å². The van der Waals surface area contributed by atoms with Crippen LogP contribution in [-0.2, 0) is 9.53 Å². The fourth-order valence-electron chi connectivity index (χ4n) is 2.24. The van der Waals surface area contributed by atoms with E-state index in [2.05, 4.69) is 22.5 Å².